The highest BCUT2D eigenvalue weighted by Crippen LogP contribution is 2.13. The fourth-order valence-corrected chi connectivity index (χ4v) is 2.65. The van der Waals surface area contributed by atoms with E-state index in [0.717, 1.165) is 4.31 Å². The number of nitriles is 1. The van der Waals surface area contributed by atoms with Crippen LogP contribution in [0.3, 0.4) is 0 Å². The van der Waals surface area contributed by atoms with Crippen molar-refractivity contribution in [3.63, 3.8) is 0 Å². The van der Waals surface area contributed by atoms with Gasteiger partial charge < -0.3 is 0 Å². The molecule has 0 spiro atoms. The summed E-state index contributed by atoms with van der Waals surface area (Å²) in [5.41, 5.74) is 0. The summed E-state index contributed by atoms with van der Waals surface area (Å²) in [6.45, 7) is 2.07. The van der Waals surface area contributed by atoms with Crippen molar-refractivity contribution in [3.8, 4) is 6.07 Å². The Morgan fingerprint density at radius 2 is 2.31 bits per heavy atom. The topological polar surface area (TPSA) is 74.1 Å². The summed E-state index contributed by atoms with van der Waals surface area (Å²) >= 11 is 0. The molecule has 0 aliphatic heterocycles. The molecule has 0 aliphatic rings. The minimum atomic E-state index is -3.58. The first-order valence-corrected chi connectivity index (χ1v) is 6.34. The standard InChI is InChI=1S/C10H13N3O2S/c1-2-7-13(8-5-11)16(14,15)10-4-3-6-12-9-10/h3-4,6,9H,2,7-8H2,1H3. The van der Waals surface area contributed by atoms with Gasteiger partial charge in [0.15, 0.2) is 0 Å². The molecule has 5 nitrogen and oxygen atoms in total. The Bertz CT molecular complexity index is 465. The van der Waals surface area contributed by atoms with Crippen LogP contribution < -0.4 is 0 Å². The lowest BCUT2D eigenvalue weighted by Gasteiger charge is -2.17. The lowest BCUT2D eigenvalue weighted by molar-refractivity contribution is 0.444. The third kappa shape index (κ3) is 2.78. The van der Waals surface area contributed by atoms with Gasteiger partial charge in [0.05, 0.1) is 6.07 Å². The Balaban J connectivity index is 3.04. The Hall–Kier alpha value is -1.45. The number of rotatable bonds is 5. The highest BCUT2D eigenvalue weighted by atomic mass is 32.2. The molecule has 0 radical (unpaired) electrons. The van der Waals surface area contributed by atoms with Crippen molar-refractivity contribution in [2.75, 3.05) is 13.1 Å². The third-order valence-corrected chi connectivity index (χ3v) is 3.82. The number of hydrogen-bond donors (Lipinski definition) is 0. The molecule has 16 heavy (non-hydrogen) atoms. The van der Waals surface area contributed by atoms with Crippen LogP contribution in [0.25, 0.3) is 0 Å². The van der Waals surface area contributed by atoms with Crippen LogP contribution in [0, 0.1) is 11.3 Å². The molecule has 1 aromatic rings. The van der Waals surface area contributed by atoms with Gasteiger partial charge in [-0.2, -0.15) is 9.57 Å². The fourth-order valence-electron chi connectivity index (χ4n) is 1.26. The highest BCUT2D eigenvalue weighted by molar-refractivity contribution is 7.89. The van der Waals surface area contributed by atoms with Crippen LogP contribution in [0.15, 0.2) is 29.4 Å². The van der Waals surface area contributed by atoms with Crippen LogP contribution in [0.2, 0.25) is 0 Å². The maximum atomic E-state index is 12.0. The van der Waals surface area contributed by atoms with Gasteiger partial charge >= 0.3 is 0 Å². The summed E-state index contributed by atoms with van der Waals surface area (Å²) in [5, 5.41) is 8.60. The van der Waals surface area contributed by atoms with E-state index < -0.39 is 10.0 Å². The number of hydrogen-bond acceptors (Lipinski definition) is 4. The Kier molecular flexibility index (Phi) is 4.40. The minimum absolute atomic E-state index is 0.124. The van der Waals surface area contributed by atoms with Crippen LogP contribution in [0.5, 0.6) is 0 Å². The van der Waals surface area contributed by atoms with Gasteiger partial charge in [-0.05, 0) is 18.6 Å². The number of pyridine rings is 1. The molecule has 0 saturated carbocycles. The second kappa shape index (κ2) is 5.58. The van der Waals surface area contributed by atoms with E-state index in [1.807, 2.05) is 13.0 Å². The Morgan fingerprint density at radius 1 is 1.56 bits per heavy atom. The molecule has 0 N–H and O–H groups in total. The van der Waals surface area contributed by atoms with E-state index >= 15 is 0 Å². The maximum absolute atomic E-state index is 12.0. The van der Waals surface area contributed by atoms with Gasteiger partial charge in [0, 0.05) is 18.9 Å². The van der Waals surface area contributed by atoms with Gasteiger partial charge in [0.25, 0.3) is 0 Å². The number of sulfonamides is 1. The summed E-state index contributed by atoms with van der Waals surface area (Å²) in [4.78, 5) is 3.89. The summed E-state index contributed by atoms with van der Waals surface area (Å²) < 4.78 is 25.3. The number of aromatic nitrogens is 1. The summed E-state index contributed by atoms with van der Waals surface area (Å²) in [7, 11) is -3.58. The average molecular weight is 239 g/mol. The fraction of sp³-hybridized carbons (Fsp3) is 0.400. The van der Waals surface area contributed by atoms with Gasteiger partial charge in [-0.1, -0.05) is 6.92 Å². The normalized spacial score (nSPS) is 11.3. The first-order chi connectivity index (χ1) is 7.62. The van der Waals surface area contributed by atoms with Crippen LogP contribution in [0.1, 0.15) is 13.3 Å². The van der Waals surface area contributed by atoms with Crippen LogP contribution in [0.4, 0.5) is 0 Å². The van der Waals surface area contributed by atoms with Crippen LogP contribution in [-0.2, 0) is 10.0 Å². The second-order valence-electron chi connectivity index (χ2n) is 3.19. The predicted octanol–water partition coefficient (Wildman–Crippen LogP) is 1.01. The quantitative estimate of drug-likeness (QED) is 0.719. The summed E-state index contributed by atoms with van der Waals surface area (Å²) in [6, 6.07) is 4.89. The molecule has 0 aliphatic carbocycles. The summed E-state index contributed by atoms with van der Waals surface area (Å²) in [6.07, 6.45) is 3.46. The smallest absolute Gasteiger partial charge is 0.245 e. The van der Waals surface area contributed by atoms with E-state index in [1.54, 1.807) is 6.07 Å². The zero-order valence-corrected chi connectivity index (χ0v) is 9.81. The molecule has 0 saturated heterocycles. The van der Waals surface area contributed by atoms with E-state index in [0.29, 0.717) is 13.0 Å². The predicted molar refractivity (Wildman–Crippen MR) is 58.9 cm³/mol. The number of nitrogens with zero attached hydrogens (tertiary/aromatic N) is 3. The first-order valence-electron chi connectivity index (χ1n) is 4.90. The zero-order chi connectivity index (χ0) is 12.0. The summed E-state index contributed by atoms with van der Waals surface area (Å²) in [5.74, 6) is 0. The maximum Gasteiger partial charge on any atom is 0.245 e. The zero-order valence-electron chi connectivity index (χ0n) is 9.00. The Morgan fingerprint density at radius 3 is 2.81 bits per heavy atom. The molecule has 86 valence electrons. The van der Waals surface area contributed by atoms with Gasteiger partial charge in [-0.3, -0.25) is 4.98 Å². The van der Waals surface area contributed by atoms with Crippen molar-refractivity contribution < 1.29 is 8.42 Å². The molecule has 0 amide bonds. The first kappa shape index (κ1) is 12.6. The molecule has 6 heteroatoms. The van der Waals surface area contributed by atoms with E-state index in [-0.39, 0.29) is 11.4 Å². The Labute approximate surface area is 95.4 Å². The van der Waals surface area contributed by atoms with Crippen molar-refractivity contribution in [2.24, 2.45) is 0 Å². The van der Waals surface area contributed by atoms with Crippen LogP contribution >= 0.6 is 0 Å². The van der Waals surface area contributed by atoms with Crippen molar-refractivity contribution in [1.82, 2.24) is 9.29 Å². The molecule has 0 aromatic carbocycles. The van der Waals surface area contributed by atoms with Gasteiger partial charge in [-0.15, -0.1) is 0 Å². The molecule has 0 fully saturated rings. The van der Waals surface area contributed by atoms with Gasteiger partial charge in [0.2, 0.25) is 10.0 Å². The largest absolute Gasteiger partial charge is 0.263 e. The van der Waals surface area contributed by atoms with E-state index in [2.05, 4.69) is 4.98 Å². The molecule has 1 heterocycles. The molecule has 0 atom stereocenters. The molecule has 1 aromatic heterocycles. The molecule has 1 rings (SSSR count). The molecule has 0 bridgehead atoms. The van der Waals surface area contributed by atoms with Crippen molar-refractivity contribution >= 4 is 10.0 Å². The van der Waals surface area contributed by atoms with E-state index in [4.69, 9.17) is 5.26 Å². The van der Waals surface area contributed by atoms with Gasteiger partial charge in [-0.25, -0.2) is 8.42 Å². The van der Waals surface area contributed by atoms with Crippen LogP contribution in [-0.4, -0.2) is 30.8 Å². The molecular formula is C10H13N3O2S. The highest BCUT2D eigenvalue weighted by Gasteiger charge is 2.23. The monoisotopic (exact) mass is 239 g/mol. The SMILES string of the molecule is CCCN(CC#N)S(=O)(=O)c1cccnc1. The minimum Gasteiger partial charge on any atom is -0.263 e. The van der Waals surface area contributed by atoms with Crippen molar-refractivity contribution in [2.45, 2.75) is 18.2 Å². The second-order valence-corrected chi connectivity index (χ2v) is 5.12. The van der Waals surface area contributed by atoms with E-state index in [9.17, 15) is 8.42 Å². The van der Waals surface area contributed by atoms with E-state index in [1.165, 1.54) is 18.5 Å². The van der Waals surface area contributed by atoms with Gasteiger partial charge in [0.1, 0.15) is 11.4 Å². The lowest BCUT2D eigenvalue weighted by Crippen LogP contribution is -2.32. The van der Waals surface area contributed by atoms with Crippen molar-refractivity contribution in [1.29, 1.82) is 5.26 Å². The lowest BCUT2D eigenvalue weighted by atomic mass is 10.5. The average Bonchev–Trinajstić information content (AvgIpc) is 2.30. The molecule has 0 unspecified atom stereocenters. The van der Waals surface area contributed by atoms with Crippen molar-refractivity contribution in [3.05, 3.63) is 24.5 Å². The molecular weight excluding hydrogens is 226 g/mol. The third-order valence-electron chi connectivity index (χ3n) is 1.99.